The van der Waals surface area contributed by atoms with Crippen molar-refractivity contribution in [3.05, 3.63) is 35.1 Å². The van der Waals surface area contributed by atoms with Gasteiger partial charge in [-0.2, -0.15) is 13.2 Å². The van der Waals surface area contributed by atoms with E-state index in [0.29, 0.717) is 18.6 Å². The van der Waals surface area contributed by atoms with Crippen molar-refractivity contribution < 1.29 is 50.8 Å². The second kappa shape index (κ2) is 9.63. The minimum atomic E-state index is -4.89. The molecular weight excluding hydrogens is 598 g/mol. The van der Waals surface area contributed by atoms with Crippen LogP contribution in [0.25, 0.3) is 0 Å². The Morgan fingerprint density at radius 3 is 2.56 bits per heavy atom. The van der Waals surface area contributed by atoms with Crippen LogP contribution in [0.4, 0.5) is 17.6 Å². The lowest BCUT2D eigenvalue weighted by molar-refractivity contribution is -0.282. The van der Waals surface area contributed by atoms with Crippen LogP contribution in [-0.4, -0.2) is 93.7 Å². The number of carbonyl (C=O) groups is 1. The zero-order valence-electron chi connectivity index (χ0n) is 26.2. The number of nitrogens with zero attached hydrogens (tertiary/aromatic N) is 1. The smallest absolute Gasteiger partial charge is 0.419 e. The van der Waals surface area contributed by atoms with Gasteiger partial charge in [0.15, 0.2) is 5.60 Å². The van der Waals surface area contributed by atoms with Gasteiger partial charge in [0.05, 0.1) is 35.5 Å². The molecule has 2 heterocycles. The quantitative estimate of drug-likeness (QED) is 0.328. The number of likely N-dealkylation sites (tertiary alicyclic amines) is 1. The van der Waals surface area contributed by atoms with E-state index in [1.54, 1.807) is 21.3 Å². The summed E-state index contributed by atoms with van der Waals surface area (Å²) in [6.45, 7) is 5.89. The molecule has 5 saturated carbocycles. The molecule has 1 aromatic carbocycles. The van der Waals surface area contributed by atoms with E-state index >= 15 is 0 Å². The number of carbonyl (C=O) groups excluding carboxylic acids is 1. The lowest BCUT2D eigenvalue weighted by Gasteiger charge is -2.69. The van der Waals surface area contributed by atoms with Gasteiger partial charge in [0.2, 0.25) is 0 Å². The van der Waals surface area contributed by atoms with Crippen LogP contribution < -0.4 is 0 Å². The maximum Gasteiger partial charge on any atom is 0.419 e. The number of piperidine rings is 1. The Bertz CT molecular complexity index is 1410. The van der Waals surface area contributed by atoms with E-state index in [1.807, 2.05) is 0 Å². The summed E-state index contributed by atoms with van der Waals surface area (Å²) in [7, 11) is 5.20. The highest BCUT2D eigenvalue weighted by Crippen LogP contribution is 2.82. The minimum Gasteiger partial charge on any atom is -0.455 e. The van der Waals surface area contributed by atoms with Crippen LogP contribution in [0.2, 0.25) is 0 Å². The summed E-state index contributed by atoms with van der Waals surface area (Å²) >= 11 is 0. The number of hydrogen-bond donors (Lipinski definition) is 0. The predicted octanol–water partition coefficient (Wildman–Crippen LogP) is 4.69. The number of benzene rings is 1. The Labute approximate surface area is 260 Å². The molecule has 13 atom stereocenters. The van der Waals surface area contributed by atoms with Gasteiger partial charge in [-0.1, -0.05) is 13.8 Å². The van der Waals surface area contributed by atoms with Gasteiger partial charge in [-0.25, -0.2) is 9.18 Å². The first-order valence-corrected chi connectivity index (χ1v) is 16.1. The van der Waals surface area contributed by atoms with E-state index in [1.165, 1.54) is 0 Å². The van der Waals surface area contributed by atoms with E-state index in [-0.39, 0.29) is 65.8 Å². The molecule has 0 aromatic heterocycles. The van der Waals surface area contributed by atoms with Gasteiger partial charge in [0.25, 0.3) is 0 Å². The molecule has 2 aliphatic heterocycles. The molecule has 248 valence electrons. The number of hydrogen-bond acceptors (Lipinski definition) is 8. The third-order valence-corrected chi connectivity index (χ3v) is 13.5. The molecule has 45 heavy (non-hydrogen) atoms. The Morgan fingerprint density at radius 1 is 1.13 bits per heavy atom. The number of likely N-dealkylation sites (N-methyl/N-ethyl adjacent to an activating group) is 1. The molecule has 0 N–H and O–H groups in total. The molecule has 8 nitrogen and oxygen atoms in total. The van der Waals surface area contributed by atoms with Gasteiger partial charge >= 0.3 is 12.1 Å². The lowest BCUT2D eigenvalue weighted by Crippen LogP contribution is -2.81. The zero-order chi connectivity index (χ0) is 31.9. The fraction of sp³-hybridized carbons (Fsp3) is 0.788. The number of rotatable bonds is 6. The summed E-state index contributed by atoms with van der Waals surface area (Å²) in [6, 6.07) is 1.98. The highest BCUT2D eigenvalue weighted by atomic mass is 19.4. The molecule has 5 aliphatic carbocycles. The maximum atomic E-state index is 14.7. The molecule has 0 radical (unpaired) electrons. The second-order valence-electron chi connectivity index (χ2n) is 14.7. The topological polar surface area (TPSA) is 75.7 Å². The molecule has 0 amide bonds. The third-order valence-electron chi connectivity index (χ3n) is 13.5. The Morgan fingerprint density at radius 2 is 1.91 bits per heavy atom. The predicted molar refractivity (Wildman–Crippen MR) is 149 cm³/mol. The number of ether oxygens (including phenoxy) is 6. The van der Waals surface area contributed by atoms with Crippen molar-refractivity contribution >= 4 is 5.97 Å². The fourth-order valence-electron chi connectivity index (χ4n) is 12.6. The number of fused-ring (bicyclic) bond motifs is 1. The molecular formula is C33H41F4NO7. The van der Waals surface area contributed by atoms with Crippen molar-refractivity contribution in [1.29, 1.82) is 0 Å². The standard InChI is InChI=1S/C33H41F4NO7/c1-6-38-14-29(2)10-9-22(41-4)31-19-12-17-21(40-3)13-30(23(19)24(17)42-5)32(28(31)38,44-15-43-30)26(25(29)31)45-27(39)16-7-8-18(20(34)11-16)33(35,36)37/h7-8,11,17,19,21-26,28H,6,9-10,12-15H2,1-5H3/t17-,19-,21+,22+,23-,24+,25-,26+,28?,29+,30-,31+,32+/m1/s1. The summed E-state index contributed by atoms with van der Waals surface area (Å²) in [5.41, 5.74) is -4.57. The first kappa shape index (κ1) is 30.5. The minimum absolute atomic E-state index is 0.00503. The Kier molecular flexibility index (Phi) is 6.52. The Balaban J connectivity index is 1.35. The van der Waals surface area contributed by atoms with Crippen molar-refractivity contribution in [3.63, 3.8) is 0 Å². The van der Waals surface area contributed by atoms with Crippen LogP contribution in [0, 0.1) is 40.3 Å². The summed E-state index contributed by atoms with van der Waals surface area (Å²) in [5.74, 6) is -2.45. The molecule has 7 bridgehead atoms. The Hall–Kier alpha value is -1.83. The van der Waals surface area contributed by atoms with Crippen LogP contribution in [0.5, 0.6) is 0 Å². The summed E-state index contributed by atoms with van der Waals surface area (Å²) in [5, 5.41) is 0. The summed E-state index contributed by atoms with van der Waals surface area (Å²) in [6.07, 6.45) is -3.19. The first-order valence-electron chi connectivity index (χ1n) is 16.1. The monoisotopic (exact) mass is 639 g/mol. The average molecular weight is 640 g/mol. The lowest BCUT2D eigenvalue weighted by atomic mass is 9.43. The maximum absolute atomic E-state index is 14.7. The van der Waals surface area contributed by atoms with E-state index in [0.717, 1.165) is 38.4 Å². The van der Waals surface area contributed by atoms with Crippen molar-refractivity contribution in [2.45, 2.75) is 87.4 Å². The average Bonchev–Trinajstić information content (AvgIpc) is 3.59. The zero-order valence-corrected chi connectivity index (χ0v) is 26.2. The summed E-state index contributed by atoms with van der Waals surface area (Å²) in [4.78, 5) is 16.5. The van der Waals surface area contributed by atoms with Crippen LogP contribution in [0.3, 0.4) is 0 Å². The van der Waals surface area contributed by atoms with Crippen molar-refractivity contribution in [1.82, 2.24) is 4.90 Å². The third kappa shape index (κ3) is 3.37. The molecule has 7 aliphatic rings. The first-order chi connectivity index (χ1) is 21.4. The highest BCUT2D eigenvalue weighted by molar-refractivity contribution is 5.89. The highest BCUT2D eigenvalue weighted by Gasteiger charge is 2.94. The van der Waals surface area contributed by atoms with E-state index in [9.17, 15) is 22.4 Å². The van der Waals surface area contributed by atoms with Crippen LogP contribution >= 0.6 is 0 Å². The number of halogens is 4. The van der Waals surface area contributed by atoms with Crippen LogP contribution in [-0.2, 0) is 34.6 Å². The number of alkyl halides is 3. The molecule has 2 saturated heterocycles. The molecule has 1 aromatic rings. The molecule has 3 spiro atoms. The van der Waals surface area contributed by atoms with Crippen molar-refractivity contribution in [3.8, 4) is 0 Å². The van der Waals surface area contributed by atoms with Gasteiger partial charge in [-0.15, -0.1) is 0 Å². The molecule has 12 heteroatoms. The summed E-state index contributed by atoms with van der Waals surface area (Å²) < 4.78 is 94.1. The molecule has 8 rings (SSSR count). The number of esters is 1. The van der Waals surface area contributed by atoms with E-state index in [2.05, 4.69) is 18.7 Å². The second-order valence-corrected chi connectivity index (χ2v) is 14.7. The van der Waals surface area contributed by atoms with E-state index < -0.39 is 46.2 Å². The van der Waals surface area contributed by atoms with Crippen LogP contribution in [0.1, 0.15) is 55.5 Å². The van der Waals surface area contributed by atoms with Gasteiger partial charge in [-0.05, 0) is 55.3 Å². The van der Waals surface area contributed by atoms with Gasteiger partial charge in [-0.3, -0.25) is 4.90 Å². The largest absolute Gasteiger partial charge is 0.455 e. The molecule has 1 unspecified atom stereocenters. The van der Waals surface area contributed by atoms with Crippen molar-refractivity contribution in [2.75, 3.05) is 41.2 Å². The van der Waals surface area contributed by atoms with E-state index in [4.69, 9.17) is 28.4 Å². The SMILES string of the molecule is CCN1C[C@]2(C)CC[C@H](OC)[C@@]34C1[C@@]1(OCO[C@@]15C[C@H](OC)[C@H]1C[C@@H]3[C@@H]5[C@H]1OC)[C@@H](OC(=O)c1ccc(C(F)(F)F)c(F)c1)[C@H]24. The fourth-order valence-corrected chi connectivity index (χ4v) is 12.6. The van der Waals surface area contributed by atoms with Gasteiger partial charge < -0.3 is 28.4 Å². The van der Waals surface area contributed by atoms with Crippen molar-refractivity contribution in [2.24, 2.45) is 34.5 Å². The van der Waals surface area contributed by atoms with Crippen LogP contribution in [0.15, 0.2) is 18.2 Å². The molecule has 7 fully saturated rings. The van der Waals surface area contributed by atoms with Gasteiger partial charge in [0, 0.05) is 57.5 Å². The normalized spacial score (nSPS) is 49.2. The van der Waals surface area contributed by atoms with Gasteiger partial charge in [0.1, 0.15) is 24.3 Å². The number of methoxy groups -OCH3 is 3.